The molecule has 2 fully saturated rings. The molecule has 98 valence electrons. The van der Waals surface area contributed by atoms with E-state index in [0.29, 0.717) is 5.02 Å². The van der Waals surface area contributed by atoms with Crippen molar-refractivity contribution < 1.29 is 4.39 Å². The molecular formula is C15H19ClFN. The van der Waals surface area contributed by atoms with Crippen molar-refractivity contribution in [2.45, 2.75) is 38.1 Å². The minimum absolute atomic E-state index is 0.127. The van der Waals surface area contributed by atoms with E-state index in [1.807, 2.05) is 0 Å². The van der Waals surface area contributed by atoms with Crippen LogP contribution in [0.15, 0.2) is 18.2 Å². The first-order valence-corrected chi connectivity index (χ1v) is 7.22. The van der Waals surface area contributed by atoms with E-state index in [1.165, 1.54) is 37.8 Å². The van der Waals surface area contributed by atoms with E-state index in [-0.39, 0.29) is 11.9 Å². The summed E-state index contributed by atoms with van der Waals surface area (Å²) in [4.78, 5) is 0. The molecule has 1 aromatic carbocycles. The minimum atomic E-state index is -0.252. The van der Waals surface area contributed by atoms with Crippen molar-refractivity contribution in [2.75, 3.05) is 0 Å². The first kappa shape index (κ1) is 12.4. The van der Waals surface area contributed by atoms with Crippen molar-refractivity contribution in [2.24, 2.45) is 23.5 Å². The molecule has 0 aromatic heterocycles. The normalized spacial score (nSPS) is 31.8. The van der Waals surface area contributed by atoms with Crippen molar-refractivity contribution >= 4 is 11.6 Å². The third-order valence-electron chi connectivity index (χ3n) is 4.80. The number of rotatable bonds is 3. The van der Waals surface area contributed by atoms with Gasteiger partial charge in [-0.05, 0) is 67.2 Å². The molecule has 2 N–H and O–H groups in total. The van der Waals surface area contributed by atoms with Gasteiger partial charge in [0, 0.05) is 11.1 Å². The predicted molar refractivity (Wildman–Crippen MR) is 71.9 cm³/mol. The smallest absolute Gasteiger partial charge is 0.123 e. The molecule has 4 atom stereocenters. The van der Waals surface area contributed by atoms with Gasteiger partial charge in [-0.1, -0.05) is 18.0 Å². The Bertz CT molecular complexity index is 448. The lowest BCUT2D eigenvalue weighted by Gasteiger charge is -2.25. The third-order valence-corrected chi connectivity index (χ3v) is 5.14. The molecule has 0 radical (unpaired) electrons. The van der Waals surface area contributed by atoms with E-state index < -0.39 is 0 Å². The van der Waals surface area contributed by atoms with Gasteiger partial charge in [0.2, 0.25) is 0 Å². The quantitative estimate of drug-likeness (QED) is 0.868. The molecule has 2 bridgehead atoms. The van der Waals surface area contributed by atoms with E-state index in [9.17, 15) is 4.39 Å². The second-order valence-corrected chi connectivity index (χ2v) is 6.35. The van der Waals surface area contributed by atoms with Gasteiger partial charge in [0.1, 0.15) is 5.82 Å². The lowest BCUT2D eigenvalue weighted by atomic mass is 9.83. The maximum atomic E-state index is 13.3. The standard InChI is InChI=1S/C15H19ClFN/c16-14-4-3-12(17)8-13(14)15(18)7-11-6-9-1-2-10(11)5-9/h3-4,8-11,15H,1-2,5-7,18H2. The van der Waals surface area contributed by atoms with E-state index in [1.54, 1.807) is 6.07 Å². The summed E-state index contributed by atoms with van der Waals surface area (Å²) in [6.45, 7) is 0. The predicted octanol–water partition coefficient (Wildman–Crippen LogP) is 4.31. The van der Waals surface area contributed by atoms with Gasteiger partial charge in [0.05, 0.1) is 0 Å². The Labute approximate surface area is 113 Å². The molecule has 3 heteroatoms. The summed E-state index contributed by atoms with van der Waals surface area (Å²) in [7, 11) is 0. The zero-order valence-corrected chi connectivity index (χ0v) is 11.2. The van der Waals surface area contributed by atoms with Crippen molar-refractivity contribution in [1.82, 2.24) is 0 Å². The maximum absolute atomic E-state index is 13.3. The fraction of sp³-hybridized carbons (Fsp3) is 0.600. The Morgan fingerprint density at radius 2 is 2.17 bits per heavy atom. The number of fused-ring (bicyclic) bond motifs is 2. The topological polar surface area (TPSA) is 26.0 Å². The summed E-state index contributed by atoms with van der Waals surface area (Å²) in [5, 5.41) is 0.590. The first-order chi connectivity index (χ1) is 8.63. The molecule has 2 aliphatic carbocycles. The Balaban J connectivity index is 1.71. The van der Waals surface area contributed by atoms with E-state index in [0.717, 1.165) is 29.7 Å². The molecule has 0 amide bonds. The Morgan fingerprint density at radius 1 is 1.33 bits per heavy atom. The Hall–Kier alpha value is -0.600. The molecule has 1 nitrogen and oxygen atoms in total. The van der Waals surface area contributed by atoms with Gasteiger partial charge >= 0.3 is 0 Å². The average molecular weight is 268 g/mol. The monoisotopic (exact) mass is 267 g/mol. The van der Waals surface area contributed by atoms with Crippen LogP contribution in [0.5, 0.6) is 0 Å². The number of nitrogens with two attached hydrogens (primary N) is 1. The highest BCUT2D eigenvalue weighted by atomic mass is 35.5. The number of hydrogen-bond donors (Lipinski definition) is 1. The first-order valence-electron chi connectivity index (χ1n) is 6.84. The number of benzene rings is 1. The highest BCUT2D eigenvalue weighted by Gasteiger charge is 2.39. The molecule has 0 saturated heterocycles. The van der Waals surface area contributed by atoms with E-state index in [2.05, 4.69) is 0 Å². The van der Waals surface area contributed by atoms with Crippen molar-refractivity contribution in [3.05, 3.63) is 34.6 Å². The molecule has 0 spiro atoms. The third kappa shape index (κ3) is 2.28. The van der Waals surface area contributed by atoms with Crippen LogP contribution in [0, 0.1) is 23.6 Å². The van der Waals surface area contributed by atoms with Crippen LogP contribution in [0.2, 0.25) is 5.02 Å². The Morgan fingerprint density at radius 3 is 2.83 bits per heavy atom. The zero-order chi connectivity index (χ0) is 12.7. The van der Waals surface area contributed by atoms with E-state index >= 15 is 0 Å². The van der Waals surface area contributed by atoms with Gasteiger partial charge in [-0.25, -0.2) is 4.39 Å². The van der Waals surface area contributed by atoms with Crippen LogP contribution in [0.3, 0.4) is 0 Å². The summed E-state index contributed by atoms with van der Waals surface area (Å²) >= 11 is 6.11. The van der Waals surface area contributed by atoms with Crippen molar-refractivity contribution in [3.63, 3.8) is 0 Å². The molecule has 18 heavy (non-hydrogen) atoms. The lowest BCUT2D eigenvalue weighted by molar-refractivity contribution is 0.296. The van der Waals surface area contributed by atoms with Crippen LogP contribution >= 0.6 is 11.6 Å². The fourth-order valence-electron chi connectivity index (χ4n) is 3.92. The van der Waals surface area contributed by atoms with Crippen molar-refractivity contribution in [1.29, 1.82) is 0 Å². The van der Waals surface area contributed by atoms with Crippen LogP contribution in [0.1, 0.15) is 43.7 Å². The molecule has 0 heterocycles. The summed E-state index contributed by atoms with van der Waals surface area (Å²) in [6, 6.07) is 4.35. The van der Waals surface area contributed by atoms with Gasteiger partial charge < -0.3 is 5.73 Å². The minimum Gasteiger partial charge on any atom is -0.324 e. The van der Waals surface area contributed by atoms with Crippen LogP contribution in [-0.4, -0.2) is 0 Å². The summed E-state index contributed by atoms with van der Waals surface area (Å²) in [5.74, 6) is 2.25. The maximum Gasteiger partial charge on any atom is 0.123 e. The molecule has 4 unspecified atom stereocenters. The number of halogens is 2. The van der Waals surface area contributed by atoms with Crippen LogP contribution in [0.25, 0.3) is 0 Å². The summed E-state index contributed by atoms with van der Waals surface area (Å²) in [6.07, 6.45) is 6.40. The highest BCUT2D eigenvalue weighted by Crippen LogP contribution is 2.50. The number of hydrogen-bond acceptors (Lipinski definition) is 1. The van der Waals surface area contributed by atoms with E-state index in [4.69, 9.17) is 17.3 Å². The van der Waals surface area contributed by atoms with Gasteiger partial charge in [0.25, 0.3) is 0 Å². The Kier molecular flexibility index (Phi) is 3.33. The highest BCUT2D eigenvalue weighted by molar-refractivity contribution is 6.31. The molecule has 1 aromatic rings. The van der Waals surface area contributed by atoms with Gasteiger partial charge in [0.15, 0.2) is 0 Å². The largest absolute Gasteiger partial charge is 0.324 e. The summed E-state index contributed by atoms with van der Waals surface area (Å²) < 4.78 is 13.3. The van der Waals surface area contributed by atoms with Gasteiger partial charge in [-0.2, -0.15) is 0 Å². The molecule has 2 saturated carbocycles. The second kappa shape index (κ2) is 4.82. The van der Waals surface area contributed by atoms with Crippen LogP contribution in [-0.2, 0) is 0 Å². The SMILES string of the molecule is NC(CC1CC2CCC1C2)c1cc(F)ccc1Cl. The lowest BCUT2D eigenvalue weighted by Crippen LogP contribution is -2.19. The second-order valence-electron chi connectivity index (χ2n) is 5.94. The van der Waals surface area contributed by atoms with Crippen molar-refractivity contribution in [3.8, 4) is 0 Å². The average Bonchev–Trinajstić information content (AvgIpc) is 2.94. The van der Waals surface area contributed by atoms with Crippen LogP contribution in [0.4, 0.5) is 4.39 Å². The molecular weight excluding hydrogens is 249 g/mol. The molecule has 3 rings (SSSR count). The summed E-state index contributed by atoms with van der Waals surface area (Å²) in [5.41, 5.74) is 6.99. The van der Waals surface area contributed by atoms with Crippen LogP contribution < -0.4 is 5.73 Å². The zero-order valence-electron chi connectivity index (χ0n) is 10.4. The molecule has 0 aliphatic heterocycles. The fourth-order valence-corrected chi connectivity index (χ4v) is 4.17. The van der Waals surface area contributed by atoms with Gasteiger partial charge in [-0.3, -0.25) is 0 Å². The van der Waals surface area contributed by atoms with Gasteiger partial charge in [-0.15, -0.1) is 0 Å². The molecule has 2 aliphatic rings.